The molecular weight excluding hydrogens is 286 g/mol. The highest BCUT2D eigenvalue weighted by Gasteiger charge is 2.07. The summed E-state index contributed by atoms with van der Waals surface area (Å²) in [5.74, 6) is 0.693. The van der Waals surface area contributed by atoms with Crippen LogP contribution in [0.4, 0.5) is 16.2 Å². The summed E-state index contributed by atoms with van der Waals surface area (Å²) in [7, 11) is 1.57. The molecule has 0 heterocycles. The van der Waals surface area contributed by atoms with Gasteiger partial charge < -0.3 is 15.4 Å². The summed E-state index contributed by atoms with van der Waals surface area (Å²) in [6, 6.07) is 12.6. The summed E-state index contributed by atoms with van der Waals surface area (Å²) in [5, 5.41) is 15.8. The molecular formula is C15H15N3O4. The molecule has 0 aliphatic rings. The molecule has 0 unspecified atom stereocenters. The first-order chi connectivity index (χ1) is 10.6. The predicted octanol–water partition coefficient (Wildman–Crippen LogP) is 2.93. The largest absolute Gasteiger partial charge is 0.496 e. The normalized spacial score (nSPS) is 9.86. The Balaban J connectivity index is 1.91. The van der Waals surface area contributed by atoms with Crippen molar-refractivity contribution in [2.75, 3.05) is 12.4 Å². The van der Waals surface area contributed by atoms with Crippen molar-refractivity contribution in [3.8, 4) is 5.75 Å². The zero-order valence-electron chi connectivity index (χ0n) is 11.9. The first-order valence-corrected chi connectivity index (χ1v) is 6.51. The molecule has 22 heavy (non-hydrogen) atoms. The van der Waals surface area contributed by atoms with Crippen molar-refractivity contribution >= 4 is 17.4 Å². The molecule has 0 fully saturated rings. The summed E-state index contributed by atoms with van der Waals surface area (Å²) in [6.07, 6.45) is 0. The van der Waals surface area contributed by atoms with Gasteiger partial charge in [0, 0.05) is 29.9 Å². The second kappa shape index (κ2) is 7.07. The number of nitrogens with zero attached hydrogens (tertiary/aromatic N) is 1. The monoisotopic (exact) mass is 301 g/mol. The maximum atomic E-state index is 11.8. The fraction of sp³-hybridized carbons (Fsp3) is 0.133. The molecule has 114 valence electrons. The average Bonchev–Trinajstić information content (AvgIpc) is 2.53. The number of para-hydroxylation sites is 1. The molecule has 7 heteroatoms. The number of non-ortho nitro benzene ring substituents is 1. The van der Waals surface area contributed by atoms with E-state index in [0.29, 0.717) is 18.0 Å². The van der Waals surface area contributed by atoms with Crippen LogP contribution in [0, 0.1) is 10.1 Å². The van der Waals surface area contributed by atoms with Gasteiger partial charge in [-0.05, 0) is 18.2 Å². The van der Waals surface area contributed by atoms with E-state index in [1.165, 1.54) is 24.3 Å². The second-order valence-electron chi connectivity index (χ2n) is 4.42. The van der Waals surface area contributed by atoms with Gasteiger partial charge in [0.05, 0.1) is 12.0 Å². The van der Waals surface area contributed by atoms with Crippen LogP contribution in [0.1, 0.15) is 5.56 Å². The van der Waals surface area contributed by atoms with Gasteiger partial charge in [0.15, 0.2) is 0 Å². The minimum absolute atomic E-state index is 0.0278. The molecule has 0 saturated heterocycles. The summed E-state index contributed by atoms with van der Waals surface area (Å²) in [6.45, 7) is 0.308. The van der Waals surface area contributed by atoms with Crippen LogP contribution in [0.15, 0.2) is 48.5 Å². The average molecular weight is 301 g/mol. The maximum Gasteiger partial charge on any atom is 0.319 e. The van der Waals surface area contributed by atoms with Crippen LogP contribution in [-0.4, -0.2) is 18.1 Å². The molecule has 2 N–H and O–H groups in total. The van der Waals surface area contributed by atoms with Crippen LogP contribution < -0.4 is 15.4 Å². The Morgan fingerprint density at radius 2 is 1.86 bits per heavy atom. The first kappa shape index (κ1) is 15.3. The van der Waals surface area contributed by atoms with Gasteiger partial charge >= 0.3 is 6.03 Å². The van der Waals surface area contributed by atoms with Crippen LogP contribution in [-0.2, 0) is 6.54 Å². The number of carbonyl (C=O) groups is 1. The van der Waals surface area contributed by atoms with Crippen LogP contribution in [0.5, 0.6) is 5.75 Å². The van der Waals surface area contributed by atoms with Crippen LogP contribution in [0.3, 0.4) is 0 Å². The Morgan fingerprint density at radius 3 is 2.50 bits per heavy atom. The van der Waals surface area contributed by atoms with Crippen molar-refractivity contribution in [1.29, 1.82) is 0 Å². The molecule has 7 nitrogen and oxygen atoms in total. The fourth-order valence-electron chi connectivity index (χ4n) is 1.87. The zero-order chi connectivity index (χ0) is 15.9. The molecule has 0 bridgehead atoms. The number of methoxy groups -OCH3 is 1. The number of ether oxygens (including phenoxy) is 1. The molecule has 0 atom stereocenters. The number of benzene rings is 2. The lowest BCUT2D eigenvalue weighted by molar-refractivity contribution is -0.384. The van der Waals surface area contributed by atoms with E-state index in [9.17, 15) is 14.9 Å². The molecule has 2 rings (SSSR count). The lowest BCUT2D eigenvalue weighted by atomic mass is 10.2. The van der Waals surface area contributed by atoms with E-state index >= 15 is 0 Å². The summed E-state index contributed by atoms with van der Waals surface area (Å²) in [5.41, 5.74) is 1.30. The van der Waals surface area contributed by atoms with Gasteiger partial charge in [0.2, 0.25) is 0 Å². The van der Waals surface area contributed by atoms with Gasteiger partial charge in [-0.15, -0.1) is 0 Å². The molecule has 2 aromatic carbocycles. The SMILES string of the molecule is COc1ccccc1CNC(=O)Nc1ccc([N+](=O)[O-])cc1. The van der Waals surface area contributed by atoms with Crippen molar-refractivity contribution in [1.82, 2.24) is 5.32 Å². The first-order valence-electron chi connectivity index (χ1n) is 6.51. The van der Waals surface area contributed by atoms with E-state index in [-0.39, 0.29) is 5.69 Å². The Labute approximate surface area is 127 Å². The second-order valence-corrected chi connectivity index (χ2v) is 4.42. The van der Waals surface area contributed by atoms with Gasteiger partial charge in [-0.3, -0.25) is 10.1 Å². The van der Waals surface area contributed by atoms with Crippen molar-refractivity contribution in [2.24, 2.45) is 0 Å². The summed E-state index contributed by atoms with van der Waals surface area (Å²) in [4.78, 5) is 21.9. The van der Waals surface area contributed by atoms with Crippen LogP contribution in [0.2, 0.25) is 0 Å². The molecule has 0 radical (unpaired) electrons. The predicted molar refractivity (Wildman–Crippen MR) is 81.9 cm³/mol. The molecule has 0 saturated carbocycles. The lowest BCUT2D eigenvalue weighted by Gasteiger charge is -2.10. The molecule has 0 spiro atoms. The number of hydrogen-bond acceptors (Lipinski definition) is 4. The van der Waals surface area contributed by atoms with E-state index < -0.39 is 11.0 Å². The van der Waals surface area contributed by atoms with Crippen molar-refractivity contribution < 1.29 is 14.5 Å². The Bertz CT molecular complexity index is 671. The van der Waals surface area contributed by atoms with Crippen LogP contribution in [0.25, 0.3) is 0 Å². The number of urea groups is 1. The number of carbonyl (C=O) groups excluding carboxylic acids is 1. The molecule has 0 aliphatic carbocycles. The summed E-state index contributed by atoms with van der Waals surface area (Å²) >= 11 is 0. The zero-order valence-corrected chi connectivity index (χ0v) is 11.9. The topological polar surface area (TPSA) is 93.5 Å². The van der Waals surface area contributed by atoms with E-state index in [1.54, 1.807) is 7.11 Å². The van der Waals surface area contributed by atoms with Gasteiger partial charge in [-0.25, -0.2) is 4.79 Å². The third-order valence-corrected chi connectivity index (χ3v) is 2.97. The standard InChI is InChI=1S/C15H15N3O4/c1-22-14-5-3-2-4-11(14)10-16-15(19)17-12-6-8-13(9-7-12)18(20)21/h2-9H,10H2,1H3,(H2,16,17,19). The van der Waals surface area contributed by atoms with Crippen molar-refractivity contribution in [3.63, 3.8) is 0 Å². The van der Waals surface area contributed by atoms with E-state index in [4.69, 9.17) is 4.74 Å². The van der Waals surface area contributed by atoms with Gasteiger partial charge in [-0.1, -0.05) is 18.2 Å². The van der Waals surface area contributed by atoms with Crippen molar-refractivity contribution in [3.05, 3.63) is 64.2 Å². The highest BCUT2D eigenvalue weighted by atomic mass is 16.6. The summed E-state index contributed by atoms with van der Waals surface area (Å²) < 4.78 is 5.20. The molecule has 0 aromatic heterocycles. The minimum atomic E-state index is -0.495. The Hall–Kier alpha value is -3.09. The molecule has 2 aromatic rings. The molecule has 2 amide bonds. The van der Waals surface area contributed by atoms with Gasteiger partial charge in [0.25, 0.3) is 5.69 Å². The smallest absolute Gasteiger partial charge is 0.319 e. The van der Waals surface area contributed by atoms with E-state index in [1.807, 2.05) is 24.3 Å². The van der Waals surface area contributed by atoms with E-state index in [2.05, 4.69) is 10.6 Å². The molecule has 0 aliphatic heterocycles. The quantitative estimate of drug-likeness (QED) is 0.656. The van der Waals surface area contributed by atoms with Crippen molar-refractivity contribution in [2.45, 2.75) is 6.54 Å². The lowest BCUT2D eigenvalue weighted by Crippen LogP contribution is -2.28. The Morgan fingerprint density at radius 1 is 1.18 bits per heavy atom. The number of nitro groups is 1. The van der Waals surface area contributed by atoms with Gasteiger partial charge in [-0.2, -0.15) is 0 Å². The highest BCUT2D eigenvalue weighted by Crippen LogP contribution is 2.17. The number of anilines is 1. The number of amides is 2. The van der Waals surface area contributed by atoms with Crippen LogP contribution >= 0.6 is 0 Å². The van der Waals surface area contributed by atoms with Gasteiger partial charge in [0.1, 0.15) is 5.75 Å². The number of nitro benzene ring substituents is 1. The Kier molecular flexibility index (Phi) is 4.92. The number of rotatable bonds is 5. The fourth-order valence-corrected chi connectivity index (χ4v) is 1.87. The third kappa shape index (κ3) is 3.95. The minimum Gasteiger partial charge on any atom is -0.496 e. The number of hydrogen-bond donors (Lipinski definition) is 2. The number of nitrogens with one attached hydrogen (secondary N) is 2. The third-order valence-electron chi connectivity index (χ3n) is 2.97. The van der Waals surface area contributed by atoms with E-state index in [0.717, 1.165) is 5.56 Å². The highest BCUT2D eigenvalue weighted by molar-refractivity contribution is 5.89. The maximum absolute atomic E-state index is 11.8.